The average Bonchev–Trinajstić information content (AvgIpc) is 3.14. The van der Waals surface area contributed by atoms with E-state index in [1.54, 1.807) is 0 Å². The highest BCUT2D eigenvalue weighted by Crippen LogP contribution is 2.79. The molecule has 154 valence electrons. The topological polar surface area (TPSA) is 0 Å². The molecule has 0 nitrogen and oxygen atoms in total. The summed E-state index contributed by atoms with van der Waals surface area (Å²) in [5, 5.41) is 0. The van der Waals surface area contributed by atoms with Crippen molar-refractivity contribution in [1.82, 2.24) is 0 Å². The highest BCUT2D eigenvalue weighted by molar-refractivity contribution is 5.46. The van der Waals surface area contributed by atoms with Gasteiger partial charge in [-0.25, -0.2) is 0 Å². The number of hydrogen-bond donors (Lipinski definition) is 0. The highest BCUT2D eigenvalue weighted by Gasteiger charge is 2.71. The third-order valence-corrected chi connectivity index (χ3v) is 10.9. The molecule has 5 aliphatic rings. The number of fused-ring (bicyclic) bond motifs is 3. The molecule has 5 aliphatic carbocycles. The average molecular weight is 379 g/mol. The van der Waals surface area contributed by atoms with Crippen LogP contribution in [0.4, 0.5) is 0 Å². The van der Waals surface area contributed by atoms with Crippen molar-refractivity contribution in [3.8, 4) is 0 Å². The van der Waals surface area contributed by atoms with E-state index in [-0.39, 0.29) is 0 Å². The Labute approximate surface area is 173 Å². The minimum absolute atomic E-state index is 0.448. The van der Waals surface area contributed by atoms with Gasteiger partial charge >= 0.3 is 0 Å². The Bertz CT molecular complexity index is 750. The first kappa shape index (κ1) is 19.2. The summed E-state index contributed by atoms with van der Waals surface area (Å²) in [6.45, 7) is 14.9. The van der Waals surface area contributed by atoms with Crippen LogP contribution in [0, 0.1) is 51.8 Å². The second-order valence-electron chi connectivity index (χ2n) is 12.2. The molecular weight excluding hydrogens is 336 g/mol. The van der Waals surface area contributed by atoms with Gasteiger partial charge in [0.05, 0.1) is 0 Å². The molecule has 5 rings (SSSR count). The van der Waals surface area contributed by atoms with Gasteiger partial charge in [0, 0.05) is 0 Å². The Hall–Kier alpha value is -0.780. The SMILES string of the molecule is CC(C)C(C)/C=C\C(C)C1CCC2=C3C=CC45CC4CCC5(C)C3CCC21C. The number of allylic oxidation sites excluding steroid dienone is 6. The summed E-state index contributed by atoms with van der Waals surface area (Å²) in [6, 6.07) is 0. The largest absolute Gasteiger partial charge is 0.0852 e. The van der Waals surface area contributed by atoms with E-state index in [1.165, 1.54) is 44.9 Å². The highest BCUT2D eigenvalue weighted by atomic mass is 14.7. The van der Waals surface area contributed by atoms with E-state index >= 15 is 0 Å². The van der Waals surface area contributed by atoms with Crippen LogP contribution in [0.15, 0.2) is 35.5 Å². The van der Waals surface area contributed by atoms with Gasteiger partial charge in [-0.05, 0) is 102 Å². The van der Waals surface area contributed by atoms with Gasteiger partial charge in [0.25, 0.3) is 0 Å². The molecule has 8 unspecified atom stereocenters. The molecule has 1 spiro atoms. The second-order valence-corrected chi connectivity index (χ2v) is 12.2. The van der Waals surface area contributed by atoms with Crippen LogP contribution in [0.2, 0.25) is 0 Å². The minimum Gasteiger partial charge on any atom is -0.0852 e. The zero-order chi connectivity index (χ0) is 19.9. The predicted octanol–water partition coefficient (Wildman–Crippen LogP) is 7.97. The normalized spacial score (nSPS) is 48.5. The smallest absolute Gasteiger partial charge is 0.00239 e. The fraction of sp³-hybridized carbons (Fsp3) is 0.786. The maximum absolute atomic E-state index is 2.70. The second kappa shape index (κ2) is 6.12. The molecule has 0 N–H and O–H groups in total. The van der Waals surface area contributed by atoms with Gasteiger partial charge in [-0.1, -0.05) is 71.4 Å². The Morgan fingerprint density at radius 3 is 2.50 bits per heavy atom. The van der Waals surface area contributed by atoms with Crippen LogP contribution >= 0.6 is 0 Å². The molecule has 3 saturated carbocycles. The van der Waals surface area contributed by atoms with Crippen LogP contribution < -0.4 is 0 Å². The Kier molecular flexibility index (Phi) is 4.19. The number of rotatable bonds is 4. The van der Waals surface area contributed by atoms with E-state index in [4.69, 9.17) is 0 Å². The zero-order valence-corrected chi connectivity index (χ0v) is 19.2. The van der Waals surface area contributed by atoms with Crippen molar-refractivity contribution in [2.75, 3.05) is 0 Å². The molecule has 0 aromatic heterocycles. The summed E-state index contributed by atoms with van der Waals surface area (Å²) in [5.74, 6) is 4.86. The summed E-state index contributed by atoms with van der Waals surface area (Å²) in [7, 11) is 0. The maximum atomic E-state index is 2.70. The molecule has 0 aromatic rings. The molecule has 28 heavy (non-hydrogen) atoms. The van der Waals surface area contributed by atoms with Gasteiger partial charge in [0.15, 0.2) is 0 Å². The molecular formula is C28H42. The van der Waals surface area contributed by atoms with Crippen molar-refractivity contribution in [2.45, 2.75) is 86.5 Å². The first-order valence-electron chi connectivity index (χ1n) is 12.3. The van der Waals surface area contributed by atoms with E-state index in [2.05, 4.69) is 65.8 Å². The lowest BCUT2D eigenvalue weighted by Gasteiger charge is -2.51. The Morgan fingerprint density at radius 2 is 1.79 bits per heavy atom. The lowest BCUT2D eigenvalue weighted by Crippen LogP contribution is -2.42. The third-order valence-electron chi connectivity index (χ3n) is 10.9. The van der Waals surface area contributed by atoms with Crippen molar-refractivity contribution in [3.63, 3.8) is 0 Å². The van der Waals surface area contributed by atoms with Crippen LogP contribution in [-0.2, 0) is 0 Å². The fourth-order valence-electron chi connectivity index (χ4n) is 8.42. The first-order valence-corrected chi connectivity index (χ1v) is 12.3. The van der Waals surface area contributed by atoms with Gasteiger partial charge in [-0.2, -0.15) is 0 Å². The van der Waals surface area contributed by atoms with Crippen molar-refractivity contribution >= 4 is 0 Å². The van der Waals surface area contributed by atoms with Gasteiger partial charge in [-0.3, -0.25) is 0 Å². The standard InChI is InChI=1S/C28H42/c1-18(2)19(3)7-8-20(4)23-9-10-24-22-12-16-28-17-21(28)11-15-27(28,6)25(22)13-14-26(23,24)5/h7-8,12,16,18-21,23,25H,9-11,13-15,17H2,1-6H3/b8-7-. The summed E-state index contributed by atoms with van der Waals surface area (Å²) in [5.41, 5.74) is 5.32. The van der Waals surface area contributed by atoms with E-state index < -0.39 is 0 Å². The molecule has 0 aliphatic heterocycles. The number of hydrogen-bond acceptors (Lipinski definition) is 0. The molecule has 0 bridgehead atoms. The van der Waals surface area contributed by atoms with E-state index in [0.29, 0.717) is 28.1 Å². The fourth-order valence-corrected chi connectivity index (χ4v) is 8.42. The van der Waals surface area contributed by atoms with Crippen molar-refractivity contribution in [2.24, 2.45) is 51.8 Å². The minimum atomic E-state index is 0.448. The van der Waals surface area contributed by atoms with E-state index in [0.717, 1.165) is 23.7 Å². The molecule has 0 heteroatoms. The predicted molar refractivity (Wildman–Crippen MR) is 120 cm³/mol. The van der Waals surface area contributed by atoms with Crippen molar-refractivity contribution < 1.29 is 0 Å². The summed E-state index contributed by atoms with van der Waals surface area (Å²) in [4.78, 5) is 0. The first-order chi connectivity index (χ1) is 13.2. The third kappa shape index (κ3) is 2.36. The molecule has 0 radical (unpaired) electrons. The lowest BCUT2D eigenvalue weighted by atomic mass is 9.53. The van der Waals surface area contributed by atoms with Crippen LogP contribution in [0.1, 0.15) is 86.5 Å². The van der Waals surface area contributed by atoms with Crippen LogP contribution in [0.3, 0.4) is 0 Å². The van der Waals surface area contributed by atoms with Crippen molar-refractivity contribution in [1.29, 1.82) is 0 Å². The Balaban J connectivity index is 1.45. The van der Waals surface area contributed by atoms with Crippen LogP contribution in [-0.4, -0.2) is 0 Å². The Morgan fingerprint density at radius 1 is 1.00 bits per heavy atom. The van der Waals surface area contributed by atoms with E-state index in [9.17, 15) is 0 Å². The molecule has 8 atom stereocenters. The van der Waals surface area contributed by atoms with Crippen molar-refractivity contribution in [3.05, 3.63) is 35.5 Å². The van der Waals surface area contributed by atoms with Gasteiger partial charge in [0.2, 0.25) is 0 Å². The molecule has 3 fully saturated rings. The van der Waals surface area contributed by atoms with E-state index in [1.807, 2.05) is 11.1 Å². The maximum Gasteiger partial charge on any atom is -0.00239 e. The summed E-state index contributed by atoms with van der Waals surface area (Å²) >= 11 is 0. The molecule has 0 saturated heterocycles. The lowest BCUT2D eigenvalue weighted by molar-refractivity contribution is 0.0893. The van der Waals surface area contributed by atoms with Gasteiger partial charge < -0.3 is 0 Å². The summed E-state index contributed by atoms with van der Waals surface area (Å²) in [6.07, 6.45) is 20.5. The monoisotopic (exact) mass is 378 g/mol. The van der Waals surface area contributed by atoms with Crippen LogP contribution in [0.25, 0.3) is 0 Å². The van der Waals surface area contributed by atoms with Gasteiger partial charge in [0.1, 0.15) is 0 Å². The quantitative estimate of drug-likeness (QED) is 0.435. The molecule has 0 amide bonds. The molecule has 0 heterocycles. The zero-order valence-electron chi connectivity index (χ0n) is 19.2. The van der Waals surface area contributed by atoms with Crippen LogP contribution in [0.5, 0.6) is 0 Å². The summed E-state index contributed by atoms with van der Waals surface area (Å²) < 4.78 is 0. The molecule has 0 aromatic carbocycles. The van der Waals surface area contributed by atoms with Gasteiger partial charge in [-0.15, -0.1) is 0 Å².